The zero-order valence-electron chi connectivity index (χ0n) is 29.6. The van der Waals surface area contributed by atoms with Gasteiger partial charge in [-0.2, -0.15) is 26.3 Å². The summed E-state index contributed by atoms with van der Waals surface area (Å²) in [5.41, 5.74) is 13.4. The lowest BCUT2D eigenvalue weighted by Crippen LogP contribution is -2.56. The van der Waals surface area contributed by atoms with E-state index in [1.807, 2.05) is 0 Å². The molecule has 4 N–H and O–H groups in total. The molecular weight excluding hydrogens is 783 g/mol. The summed E-state index contributed by atoms with van der Waals surface area (Å²) >= 11 is 1.58. The van der Waals surface area contributed by atoms with Crippen LogP contribution in [-0.2, 0) is 19.1 Å². The molecule has 16 heteroatoms. The minimum atomic E-state index is -4.94. The monoisotopic (exact) mass is 816 g/mol. The maximum Gasteiger partial charge on any atom is 0.421 e. The fraction of sp³-hybridized carbons (Fsp3) is 0.250. The number of carbonyl (C=O) groups is 2. The zero-order valence-corrected chi connectivity index (χ0v) is 31.3. The van der Waals surface area contributed by atoms with Crippen molar-refractivity contribution in [1.29, 1.82) is 0 Å². The molecule has 4 aromatic carbocycles. The molecule has 0 amide bonds. The lowest BCUT2D eigenvalue weighted by molar-refractivity contribution is -0.237. The molecule has 6 rings (SSSR count). The molecule has 4 unspecified atom stereocenters. The van der Waals surface area contributed by atoms with Gasteiger partial charge in [0.05, 0.1) is 24.7 Å². The molecule has 0 spiro atoms. The van der Waals surface area contributed by atoms with Crippen LogP contribution in [0.15, 0.2) is 108 Å². The van der Waals surface area contributed by atoms with Crippen LogP contribution in [0.4, 0.5) is 26.3 Å². The van der Waals surface area contributed by atoms with E-state index in [1.165, 1.54) is 61.0 Å². The van der Waals surface area contributed by atoms with E-state index in [9.17, 15) is 35.9 Å². The number of thiophene rings is 2. The Morgan fingerprint density at radius 2 is 0.929 bits per heavy atom. The average molecular weight is 817 g/mol. The van der Waals surface area contributed by atoms with E-state index in [4.69, 9.17) is 30.4 Å². The highest BCUT2D eigenvalue weighted by Crippen LogP contribution is 2.46. The quantitative estimate of drug-likeness (QED) is 0.0542. The van der Waals surface area contributed by atoms with Gasteiger partial charge in [0.2, 0.25) is 0 Å². The Balaban J connectivity index is 1.37. The third-order valence-corrected chi connectivity index (χ3v) is 11.2. The van der Waals surface area contributed by atoms with Crippen LogP contribution in [0.3, 0.4) is 0 Å². The second kappa shape index (κ2) is 15.8. The molecule has 0 bridgehead atoms. The molecule has 4 atom stereocenters. The van der Waals surface area contributed by atoms with Crippen LogP contribution in [0.25, 0.3) is 21.5 Å². The van der Waals surface area contributed by atoms with E-state index >= 15 is 0 Å². The Hall–Kier alpha value is -5.16. The number of benzene rings is 4. The molecule has 6 aromatic rings. The predicted molar refractivity (Wildman–Crippen MR) is 200 cm³/mol. The van der Waals surface area contributed by atoms with Crippen molar-refractivity contribution in [3.63, 3.8) is 0 Å². The standard InChI is InChI=1S/C40H34F6N2O6S2/c1-23-17-19-55-33(23)29(39(41,42)43)21-37(47,51-31-15-7-11-25-9-3-5-13-27(25)31)53-35(49)36(50)54-38(48,22-30(40(44,45)46)34-24(2)18-20-56-34)52-32-16-8-12-26-10-4-6-14-28(26)32/h3-20,29-30H,21-22,47-48H2,1-2H3. The van der Waals surface area contributed by atoms with Gasteiger partial charge in [0.1, 0.15) is 11.5 Å². The number of nitrogens with two attached hydrogens (primary N) is 2. The number of esters is 2. The van der Waals surface area contributed by atoms with Gasteiger partial charge in [0.15, 0.2) is 0 Å². The lowest BCUT2D eigenvalue weighted by Gasteiger charge is -2.35. The smallest absolute Gasteiger partial charge is 0.421 e. The van der Waals surface area contributed by atoms with Crippen LogP contribution >= 0.6 is 22.7 Å². The number of fused-ring (bicyclic) bond motifs is 2. The van der Waals surface area contributed by atoms with Gasteiger partial charge in [-0.1, -0.05) is 72.8 Å². The first-order chi connectivity index (χ1) is 26.4. The SMILES string of the molecule is Cc1ccsc1C(CC(N)(OC(=O)C(=O)OC(N)(CC(c1sccc1C)C(F)(F)F)Oc1cccc2ccccc12)Oc1cccc2ccccc12)C(F)(F)F. The molecule has 2 aromatic heterocycles. The van der Waals surface area contributed by atoms with Gasteiger partial charge < -0.3 is 18.9 Å². The van der Waals surface area contributed by atoms with E-state index < -0.39 is 60.8 Å². The van der Waals surface area contributed by atoms with E-state index in [1.54, 1.807) is 60.7 Å². The van der Waals surface area contributed by atoms with Crippen molar-refractivity contribution in [2.75, 3.05) is 0 Å². The Labute approximate surface area is 324 Å². The first kappa shape index (κ1) is 40.5. The molecule has 56 heavy (non-hydrogen) atoms. The van der Waals surface area contributed by atoms with Crippen molar-refractivity contribution >= 4 is 56.2 Å². The Bertz CT molecular complexity index is 2190. The van der Waals surface area contributed by atoms with Gasteiger partial charge in [-0.15, -0.1) is 22.7 Å². The number of hydrogen-bond donors (Lipinski definition) is 2. The first-order valence-corrected chi connectivity index (χ1v) is 18.7. The Kier molecular flexibility index (Phi) is 11.4. The highest BCUT2D eigenvalue weighted by atomic mass is 32.1. The number of rotatable bonds is 12. The van der Waals surface area contributed by atoms with Gasteiger partial charge in [0.25, 0.3) is 0 Å². The largest absolute Gasteiger partial charge is 0.439 e. The Morgan fingerprint density at radius 3 is 1.27 bits per heavy atom. The Morgan fingerprint density at radius 1 is 0.571 bits per heavy atom. The number of carbonyl (C=O) groups excluding carboxylic acids is 2. The number of alkyl halides is 6. The first-order valence-electron chi connectivity index (χ1n) is 16.9. The van der Waals surface area contributed by atoms with E-state index in [0.717, 1.165) is 22.7 Å². The summed E-state index contributed by atoms with van der Waals surface area (Å²) in [6.07, 6.45) is -12.4. The van der Waals surface area contributed by atoms with Crippen LogP contribution in [0.1, 0.15) is 45.6 Å². The molecule has 0 aliphatic rings. The summed E-state index contributed by atoms with van der Waals surface area (Å²) < 4.78 is 111. The van der Waals surface area contributed by atoms with Crippen LogP contribution in [0.2, 0.25) is 0 Å². The number of hydrogen-bond acceptors (Lipinski definition) is 10. The summed E-state index contributed by atoms with van der Waals surface area (Å²) in [7, 11) is 0. The van der Waals surface area contributed by atoms with E-state index in [2.05, 4.69) is 0 Å². The summed E-state index contributed by atoms with van der Waals surface area (Å²) in [6, 6.07) is 25.4. The van der Waals surface area contributed by atoms with Crippen molar-refractivity contribution in [3.05, 3.63) is 129 Å². The molecule has 0 saturated heterocycles. The van der Waals surface area contributed by atoms with Crippen LogP contribution in [-0.4, -0.2) is 36.1 Å². The molecule has 0 aliphatic carbocycles. The summed E-state index contributed by atoms with van der Waals surface area (Å²) in [5.74, 6) is -14.9. The van der Waals surface area contributed by atoms with Crippen molar-refractivity contribution in [2.24, 2.45) is 11.5 Å². The molecule has 0 radical (unpaired) electrons. The normalized spacial score (nSPS) is 15.4. The van der Waals surface area contributed by atoms with Gasteiger partial charge in [-0.3, -0.25) is 11.5 Å². The second-order valence-electron chi connectivity index (χ2n) is 13.1. The van der Waals surface area contributed by atoms with Gasteiger partial charge in [0, 0.05) is 20.5 Å². The average Bonchev–Trinajstić information content (AvgIpc) is 3.76. The highest BCUT2D eigenvalue weighted by molar-refractivity contribution is 7.10. The zero-order chi connectivity index (χ0) is 40.5. The van der Waals surface area contributed by atoms with E-state index in [0.29, 0.717) is 21.5 Å². The fourth-order valence-corrected chi connectivity index (χ4v) is 8.42. The maximum absolute atomic E-state index is 14.7. The third kappa shape index (κ3) is 9.10. The lowest BCUT2D eigenvalue weighted by atomic mass is 9.97. The molecule has 0 saturated carbocycles. The molecule has 0 aliphatic heterocycles. The minimum absolute atomic E-state index is 0.0950. The van der Waals surface area contributed by atoms with Crippen molar-refractivity contribution in [2.45, 2.75) is 62.7 Å². The number of ether oxygens (including phenoxy) is 4. The van der Waals surface area contributed by atoms with Crippen LogP contribution < -0.4 is 20.9 Å². The van der Waals surface area contributed by atoms with Gasteiger partial charge in [-0.05, 0) is 70.8 Å². The molecular formula is C40H34F6N2O6S2. The van der Waals surface area contributed by atoms with Gasteiger partial charge >= 0.3 is 36.1 Å². The summed E-state index contributed by atoms with van der Waals surface area (Å²) in [4.78, 5) is 27.0. The van der Waals surface area contributed by atoms with Gasteiger partial charge in [-0.25, -0.2) is 9.59 Å². The summed E-state index contributed by atoms with van der Waals surface area (Å²) in [5, 5.41) is 4.84. The summed E-state index contributed by atoms with van der Waals surface area (Å²) in [6.45, 7) is 2.92. The molecule has 294 valence electrons. The van der Waals surface area contributed by atoms with E-state index in [-0.39, 0.29) is 32.4 Å². The molecule has 2 heterocycles. The van der Waals surface area contributed by atoms with Crippen LogP contribution in [0.5, 0.6) is 11.5 Å². The van der Waals surface area contributed by atoms with Crippen molar-refractivity contribution in [3.8, 4) is 11.5 Å². The maximum atomic E-state index is 14.7. The fourth-order valence-electron chi connectivity index (χ4n) is 6.31. The highest BCUT2D eigenvalue weighted by Gasteiger charge is 2.52. The van der Waals surface area contributed by atoms with Crippen molar-refractivity contribution in [1.82, 2.24) is 0 Å². The predicted octanol–water partition coefficient (Wildman–Crippen LogP) is 9.97. The van der Waals surface area contributed by atoms with Crippen molar-refractivity contribution < 1.29 is 54.9 Å². The third-order valence-electron chi connectivity index (χ3n) is 8.97. The minimum Gasteiger partial charge on any atom is -0.439 e. The number of halogens is 6. The van der Waals surface area contributed by atoms with Crippen LogP contribution in [0, 0.1) is 13.8 Å². The molecule has 8 nitrogen and oxygen atoms in total. The number of aryl methyl sites for hydroxylation is 2. The topological polar surface area (TPSA) is 123 Å². The molecule has 0 fully saturated rings. The second-order valence-corrected chi connectivity index (χ2v) is 15.0.